The van der Waals surface area contributed by atoms with Gasteiger partial charge in [0.05, 0.1) is 11.3 Å². The molecule has 1 aliphatic carbocycles. The number of imidazole rings is 1. The molecule has 6 rings (SSSR count). The number of carbonyl (C=O) groups is 1. The summed E-state index contributed by atoms with van der Waals surface area (Å²) in [6, 6.07) is 4.37. The van der Waals surface area contributed by atoms with Gasteiger partial charge in [-0.15, -0.1) is 0 Å². The highest BCUT2D eigenvalue weighted by molar-refractivity contribution is 6.30. The molecular weight excluding hydrogens is 469 g/mol. The number of nitrogen functional groups attached to an aromatic ring is 1. The van der Waals surface area contributed by atoms with Crippen molar-refractivity contribution in [2.24, 2.45) is 5.92 Å². The van der Waals surface area contributed by atoms with Gasteiger partial charge in [-0.1, -0.05) is 31.0 Å². The lowest BCUT2D eigenvalue weighted by molar-refractivity contribution is -0.120. The van der Waals surface area contributed by atoms with Crippen LogP contribution in [0.2, 0.25) is 5.02 Å². The molecule has 0 radical (unpaired) electrons. The zero-order valence-corrected chi connectivity index (χ0v) is 19.8. The quantitative estimate of drug-likeness (QED) is 0.409. The predicted octanol–water partition coefficient (Wildman–Crippen LogP) is 4.55. The minimum Gasteiger partial charge on any atom is -0.383 e. The fourth-order valence-corrected chi connectivity index (χ4v) is 5.36. The van der Waals surface area contributed by atoms with Crippen molar-refractivity contribution in [1.82, 2.24) is 24.3 Å². The Labute approximate surface area is 205 Å². The number of anilines is 2. The van der Waals surface area contributed by atoms with Crippen LogP contribution in [0.4, 0.5) is 16.0 Å². The summed E-state index contributed by atoms with van der Waals surface area (Å²) in [6.45, 7) is 2.12. The summed E-state index contributed by atoms with van der Waals surface area (Å²) in [4.78, 5) is 31.9. The van der Waals surface area contributed by atoms with Crippen molar-refractivity contribution in [1.29, 1.82) is 0 Å². The van der Waals surface area contributed by atoms with Crippen LogP contribution in [0.15, 0.2) is 36.8 Å². The molecule has 1 atom stereocenters. The van der Waals surface area contributed by atoms with Crippen LogP contribution < -0.4 is 11.1 Å². The lowest BCUT2D eigenvalue weighted by Crippen LogP contribution is -2.39. The van der Waals surface area contributed by atoms with E-state index in [2.05, 4.69) is 27.2 Å². The second-order valence-corrected chi connectivity index (χ2v) is 9.59. The third kappa shape index (κ3) is 3.29. The van der Waals surface area contributed by atoms with Crippen LogP contribution in [0.3, 0.4) is 0 Å². The molecule has 10 heteroatoms. The first-order chi connectivity index (χ1) is 16.9. The number of carbonyl (C=O) groups excluding carboxylic acids is 1. The monoisotopic (exact) mass is 491 g/mol. The van der Waals surface area contributed by atoms with Crippen LogP contribution in [0.5, 0.6) is 0 Å². The Balaban J connectivity index is 1.52. The first kappa shape index (κ1) is 21.9. The van der Waals surface area contributed by atoms with Gasteiger partial charge in [0.15, 0.2) is 11.5 Å². The highest BCUT2D eigenvalue weighted by Gasteiger charge is 2.60. The van der Waals surface area contributed by atoms with Crippen LogP contribution in [0.1, 0.15) is 49.4 Å². The van der Waals surface area contributed by atoms with Crippen LogP contribution in [0.25, 0.3) is 17.2 Å². The lowest BCUT2D eigenvalue weighted by atomic mass is 9.71. The Bertz CT molecular complexity index is 1500. The molecule has 0 spiro atoms. The third-order valence-corrected chi connectivity index (χ3v) is 7.14. The van der Waals surface area contributed by atoms with Gasteiger partial charge < -0.3 is 15.5 Å². The molecule has 2 aliphatic rings. The summed E-state index contributed by atoms with van der Waals surface area (Å²) < 4.78 is 17.1. The minimum atomic E-state index is -1.29. The van der Waals surface area contributed by atoms with E-state index >= 15 is 4.39 Å². The van der Waals surface area contributed by atoms with Gasteiger partial charge >= 0.3 is 0 Å². The van der Waals surface area contributed by atoms with E-state index in [1.165, 1.54) is 6.07 Å². The molecule has 0 bridgehead atoms. The molecule has 1 aromatic carbocycles. The molecule has 1 fully saturated rings. The smallest absolute Gasteiger partial charge is 0.241 e. The molecule has 0 saturated heterocycles. The van der Waals surface area contributed by atoms with E-state index in [4.69, 9.17) is 22.3 Å². The minimum absolute atomic E-state index is 0.0998. The highest BCUT2D eigenvalue weighted by atomic mass is 35.5. The van der Waals surface area contributed by atoms with E-state index in [0.29, 0.717) is 17.1 Å². The topological polar surface area (TPSA) is 111 Å². The third-order valence-electron chi connectivity index (χ3n) is 6.91. The highest BCUT2D eigenvalue weighted by Crippen LogP contribution is 2.58. The number of nitrogens with two attached hydrogens (primary N) is 1. The first-order valence-electron chi connectivity index (χ1n) is 11.7. The summed E-state index contributed by atoms with van der Waals surface area (Å²) in [5.74, 6) is -0.288. The number of halogens is 2. The van der Waals surface area contributed by atoms with Gasteiger partial charge in [-0.3, -0.25) is 4.79 Å². The number of fused-ring (bicyclic) bond motifs is 2. The van der Waals surface area contributed by atoms with Gasteiger partial charge in [0.1, 0.15) is 28.6 Å². The van der Waals surface area contributed by atoms with Crippen LogP contribution in [0, 0.1) is 11.7 Å². The van der Waals surface area contributed by atoms with E-state index in [0.717, 1.165) is 43.4 Å². The van der Waals surface area contributed by atoms with Crippen LogP contribution in [-0.4, -0.2) is 30.2 Å². The fraction of sp³-hybridized carbons (Fsp3) is 0.320. The second-order valence-electron chi connectivity index (χ2n) is 9.15. The standard InChI is InChI=1S/C25H23ClFN7O/c1-2-3-4-17-23-29-9-10-34(23)12-18(30-17)21-31-20(28)19-22(32-21)33-24(35)25(19,13-5-6-13)15-8-7-14(26)11-16(15)27/h7-13H,2-6H2,1H3,(H3,28,31,32,33,35). The largest absolute Gasteiger partial charge is 0.383 e. The van der Waals surface area contributed by atoms with Crippen molar-refractivity contribution in [2.75, 3.05) is 11.1 Å². The van der Waals surface area contributed by atoms with Crippen molar-refractivity contribution in [3.05, 3.63) is 64.5 Å². The van der Waals surface area contributed by atoms with Crippen molar-refractivity contribution in [2.45, 2.75) is 44.4 Å². The zero-order valence-electron chi connectivity index (χ0n) is 19.1. The molecule has 1 aliphatic heterocycles. The number of aromatic nitrogens is 5. The second kappa shape index (κ2) is 7.98. The number of amides is 1. The van der Waals surface area contributed by atoms with Crippen molar-refractivity contribution < 1.29 is 9.18 Å². The first-order valence-corrected chi connectivity index (χ1v) is 12.1. The van der Waals surface area contributed by atoms with E-state index in [9.17, 15) is 4.79 Å². The number of unbranched alkanes of at least 4 members (excludes halogenated alkanes) is 1. The van der Waals surface area contributed by atoms with Gasteiger partial charge in [0, 0.05) is 29.2 Å². The Morgan fingerprint density at radius 1 is 1.29 bits per heavy atom. The fourth-order valence-electron chi connectivity index (χ4n) is 5.20. The zero-order chi connectivity index (χ0) is 24.3. The number of nitrogens with zero attached hydrogens (tertiary/aromatic N) is 5. The van der Waals surface area contributed by atoms with Gasteiger partial charge in [-0.2, -0.15) is 0 Å². The number of hydrogen-bond donors (Lipinski definition) is 2. The number of aryl methyl sites for hydroxylation is 1. The summed E-state index contributed by atoms with van der Waals surface area (Å²) in [6.07, 6.45) is 9.67. The summed E-state index contributed by atoms with van der Waals surface area (Å²) in [7, 11) is 0. The SMILES string of the molecule is CCCCc1nc(-c2nc(N)c3c(n2)NC(=O)C3(c2ccc(Cl)cc2F)C2CC2)cn2ccnc12. The number of hydrogen-bond acceptors (Lipinski definition) is 6. The Morgan fingerprint density at radius 2 is 2.11 bits per heavy atom. The molecule has 4 aromatic rings. The molecule has 4 heterocycles. The maximum absolute atomic E-state index is 15.2. The number of nitrogens with one attached hydrogen (secondary N) is 1. The predicted molar refractivity (Wildman–Crippen MR) is 131 cm³/mol. The Kier molecular flexibility index (Phi) is 5.00. The van der Waals surface area contributed by atoms with Crippen molar-refractivity contribution in [3.63, 3.8) is 0 Å². The van der Waals surface area contributed by atoms with Gasteiger partial charge in [0.25, 0.3) is 0 Å². The van der Waals surface area contributed by atoms with Gasteiger partial charge in [-0.05, 0) is 43.7 Å². The lowest BCUT2D eigenvalue weighted by Gasteiger charge is -2.29. The van der Waals surface area contributed by atoms with E-state index < -0.39 is 11.2 Å². The van der Waals surface area contributed by atoms with Crippen molar-refractivity contribution in [3.8, 4) is 11.5 Å². The average molecular weight is 492 g/mol. The maximum atomic E-state index is 15.2. The van der Waals surface area contributed by atoms with Crippen LogP contribution in [-0.2, 0) is 16.6 Å². The van der Waals surface area contributed by atoms with Gasteiger partial charge in [0.2, 0.25) is 5.91 Å². The molecular formula is C25H23ClFN7O. The van der Waals surface area contributed by atoms with E-state index in [1.54, 1.807) is 24.5 Å². The number of rotatable bonds is 6. The summed E-state index contributed by atoms with van der Waals surface area (Å²) >= 11 is 6.00. The number of benzene rings is 1. The molecule has 3 N–H and O–H groups in total. The average Bonchev–Trinajstić information content (AvgIpc) is 3.48. The Hall–Kier alpha value is -3.59. The molecule has 3 aromatic heterocycles. The molecule has 1 saturated carbocycles. The van der Waals surface area contributed by atoms with E-state index in [-0.39, 0.29) is 34.1 Å². The van der Waals surface area contributed by atoms with Gasteiger partial charge in [-0.25, -0.2) is 24.3 Å². The molecule has 178 valence electrons. The summed E-state index contributed by atoms with van der Waals surface area (Å²) in [5, 5.41) is 3.12. The Morgan fingerprint density at radius 3 is 2.86 bits per heavy atom. The molecule has 1 unspecified atom stereocenters. The molecule has 8 nitrogen and oxygen atoms in total. The molecule has 35 heavy (non-hydrogen) atoms. The maximum Gasteiger partial charge on any atom is 0.241 e. The van der Waals surface area contributed by atoms with E-state index in [1.807, 2.05) is 10.6 Å². The molecule has 1 amide bonds. The summed E-state index contributed by atoms with van der Waals surface area (Å²) in [5.41, 5.74) is 8.02. The van der Waals surface area contributed by atoms with Crippen LogP contribution >= 0.6 is 11.6 Å². The van der Waals surface area contributed by atoms with Crippen molar-refractivity contribution >= 4 is 34.8 Å². The normalized spacial score (nSPS) is 19.2.